The summed E-state index contributed by atoms with van der Waals surface area (Å²) in [7, 11) is 0. The number of carbonyl (C=O) groups is 1. The third-order valence-corrected chi connectivity index (χ3v) is 3.88. The average Bonchev–Trinajstić information content (AvgIpc) is 2.40. The van der Waals surface area contributed by atoms with Crippen LogP contribution in [0, 0.1) is 0 Å². The van der Waals surface area contributed by atoms with Gasteiger partial charge in [0.25, 0.3) is 0 Å². The second-order valence-electron chi connectivity index (χ2n) is 4.98. The van der Waals surface area contributed by atoms with Crippen molar-refractivity contribution in [3.05, 3.63) is 0 Å². The topological polar surface area (TPSA) is 41.6 Å². The Morgan fingerprint density at radius 2 is 2.06 bits per heavy atom. The minimum atomic E-state index is -0.00858. The van der Waals surface area contributed by atoms with Crippen molar-refractivity contribution < 1.29 is 9.53 Å². The standard InChI is InChI=1S/C13H24N2O2/c1-2-17-13(16)12-5-3-4-10-15(12)11-6-8-14-9-7-11/h11-12,14H,2-10H2,1H3. The monoisotopic (exact) mass is 240 g/mol. The van der Waals surface area contributed by atoms with Crippen LogP contribution >= 0.6 is 0 Å². The smallest absolute Gasteiger partial charge is 0.323 e. The van der Waals surface area contributed by atoms with Crippen LogP contribution in [0.1, 0.15) is 39.0 Å². The van der Waals surface area contributed by atoms with Gasteiger partial charge in [-0.05, 0) is 52.2 Å². The summed E-state index contributed by atoms with van der Waals surface area (Å²) in [4.78, 5) is 14.4. The number of ether oxygens (including phenoxy) is 1. The van der Waals surface area contributed by atoms with E-state index < -0.39 is 0 Å². The van der Waals surface area contributed by atoms with Crippen molar-refractivity contribution in [2.75, 3.05) is 26.2 Å². The summed E-state index contributed by atoms with van der Waals surface area (Å²) >= 11 is 0. The molecule has 4 heteroatoms. The number of likely N-dealkylation sites (tertiary alicyclic amines) is 1. The van der Waals surface area contributed by atoms with Gasteiger partial charge in [-0.25, -0.2) is 0 Å². The van der Waals surface area contributed by atoms with Crippen LogP contribution in [0.4, 0.5) is 0 Å². The SMILES string of the molecule is CCOC(=O)C1CCCCN1C1CCNCC1. The van der Waals surface area contributed by atoms with E-state index in [2.05, 4.69) is 10.2 Å². The van der Waals surface area contributed by atoms with Crippen LogP contribution < -0.4 is 5.32 Å². The molecule has 2 aliphatic heterocycles. The van der Waals surface area contributed by atoms with Crippen molar-refractivity contribution in [2.45, 2.75) is 51.1 Å². The third kappa shape index (κ3) is 3.19. The summed E-state index contributed by atoms with van der Waals surface area (Å²) in [5.74, 6) is -0.00858. The Hall–Kier alpha value is -0.610. The largest absolute Gasteiger partial charge is 0.465 e. The zero-order valence-corrected chi connectivity index (χ0v) is 10.8. The molecule has 0 amide bonds. The minimum absolute atomic E-state index is 0.00858. The highest BCUT2D eigenvalue weighted by molar-refractivity contribution is 5.75. The van der Waals surface area contributed by atoms with Crippen molar-refractivity contribution in [2.24, 2.45) is 0 Å². The van der Waals surface area contributed by atoms with Crippen LogP contribution in [0.25, 0.3) is 0 Å². The maximum absolute atomic E-state index is 12.0. The molecule has 2 rings (SSSR count). The first-order valence-electron chi connectivity index (χ1n) is 6.96. The number of hydrogen-bond acceptors (Lipinski definition) is 4. The Balaban J connectivity index is 1.97. The van der Waals surface area contributed by atoms with Crippen molar-refractivity contribution in [1.82, 2.24) is 10.2 Å². The van der Waals surface area contributed by atoms with E-state index in [1.54, 1.807) is 0 Å². The predicted molar refractivity (Wildman–Crippen MR) is 66.9 cm³/mol. The van der Waals surface area contributed by atoms with Crippen LogP contribution in [0.5, 0.6) is 0 Å². The Morgan fingerprint density at radius 1 is 1.29 bits per heavy atom. The first-order valence-corrected chi connectivity index (χ1v) is 6.96. The van der Waals surface area contributed by atoms with Crippen molar-refractivity contribution in [3.8, 4) is 0 Å². The summed E-state index contributed by atoms with van der Waals surface area (Å²) in [6, 6.07) is 0.595. The lowest BCUT2D eigenvalue weighted by Gasteiger charge is -2.41. The molecule has 2 fully saturated rings. The van der Waals surface area contributed by atoms with Crippen LogP contribution in [-0.4, -0.2) is 49.2 Å². The van der Waals surface area contributed by atoms with Crippen molar-refractivity contribution in [1.29, 1.82) is 0 Å². The highest BCUT2D eigenvalue weighted by atomic mass is 16.5. The molecule has 2 heterocycles. The van der Waals surface area contributed by atoms with Gasteiger partial charge in [0, 0.05) is 6.04 Å². The van der Waals surface area contributed by atoms with Gasteiger partial charge in [0.1, 0.15) is 6.04 Å². The Morgan fingerprint density at radius 3 is 2.76 bits per heavy atom. The second-order valence-corrected chi connectivity index (χ2v) is 4.98. The molecule has 2 saturated heterocycles. The first kappa shape index (κ1) is 12.8. The average molecular weight is 240 g/mol. The fraction of sp³-hybridized carbons (Fsp3) is 0.923. The molecule has 2 aliphatic rings. The van der Waals surface area contributed by atoms with Gasteiger partial charge >= 0.3 is 5.97 Å². The predicted octanol–water partition coefficient (Wildman–Crippen LogP) is 1.16. The zero-order chi connectivity index (χ0) is 12.1. The molecule has 0 aromatic carbocycles. The number of rotatable bonds is 3. The van der Waals surface area contributed by atoms with Gasteiger partial charge in [-0.15, -0.1) is 0 Å². The number of nitrogens with one attached hydrogen (secondary N) is 1. The minimum Gasteiger partial charge on any atom is -0.465 e. The number of nitrogens with zero attached hydrogens (tertiary/aromatic N) is 1. The molecular formula is C13H24N2O2. The van der Waals surface area contributed by atoms with E-state index in [1.165, 1.54) is 6.42 Å². The van der Waals surface area contributed by atoms with Gasteiger partial charge in [0.15, 0.2) is 0 Å². The molecular weight excluding hydrogens is 216 g/mol. The fourth-order valence-electron chi connectivity index (χ4n) is 3.02. The van der Waals surface area contributed by atoms with Gasteiger partial charge in [-0.1, -0.05) is 6.42 Å². The molecule has 0 aromatic heterocycles. The van der Waals surface area contributed by atoms with Crippen LogP contribution in [-0.2, 0) is 9.53 Å². The molecule has 0 spiro atoms. The number of carbonyl (C=O) groups excluding carboxylic acids is 1. The Labute approximate surface area is 104 Å². The zero-order valence-electron chi connectivity index (χ0n) is 10.8. The van der Waals surface area contributed by atoms with Gasteiger partial charge in [0.05, 0.1) is 6.61 Å². The molecule has 17 heavy (non-hydrogen) atoms. The lowest BCUT2D eigenvalue weighted by Crippen LogP contribution is -2.53. The third-order valence-electron chi connectivity index (χ3n) is 3.88. The molecule has 0 bridgehead atoms. The van der Waals surface area contributed by atoms with E-state index in [1.807, 2.05) is 6.92 Å². The summed E-state index contributed by atoms with van der Waals surface area (Å²) in [5, 5.41) is 3.38. The maximum Gasteiger partial charge on any atom is 0.323 e. The van der Waals surface area contributed by atoms with Crippen LogP contribution in [0.2, 0.25) is 0 Å². The molecule has 98 valence electrons. The lowest BCUT2D eigenvalue weighted by atomic mass is 9.95. The number of piperidine rings is 2. The van der Waals surface area contributed by atoms with Crippen molar-refractivity contribution in [3.63, 3.8) is 0 Å². The van der Waals surface area contributed by atoms with Gasteiger partial charge < -0.3 is 10.1 Å². The van der Waals surface area contributed by atoms with Crippen LogP contribution in [0.3, 0.4) is 0 Å². The van der Waals surface area contributed by atoms with E-state index in [4.69, 9.17) is 4.74 Å². The molecule has 1 unspecified atom stereocenters. The van der Waals surface area contributed by atoms with Crippen LogP contribution in [0.15, 0.2) is 0 Å². The van der Waals surface area contributed by atoms with E-state index >= 15 is 0 Å². The molecule has 4 nitrogen and oxygen atoms in total. The first-order chi connectivity index (χ1) is 8.33. The van der Waals surface area contributed by atoms with Crippen molar-refractivity contribution >= 4 is 5.97 Å². The highest BCUT2D eigenvalue weighted by Gasteiger charge is 2.34. The fourth-order valence-corrected chi connectivity index (χ4v) is 3.02. The summed E-state index contributed by atoms with van der Waals surface area (Å²) in [6.07, 6.45) is 5.68. The number of esters is 1. The molecule has 1 atom stereocenters. The second kappa shape index (κ2) is 6.36. The van der Waals surface area contributed by atoms with E-state index in [-0.39, 0.29) is 12.0 Å². The maximum atomic E-state index is 12.0. The molecule has 0 saturated carbocycles. The summed E-state index contributed by atoms with van der Waals surface area (Å²) in [5.41, 5.74) is 0. The quantitative estimate of drug-likeness (QED) is 0.752. The molecule has 1 N–H and O–H groups in total. The Bertz CT molecular complexity index is 252. The normalized spacial score (nSPS) is 27.9. The van der Waals surface area contributed by atoms with E-state index in [0.717, 1.165) is 45.3 Å². The summed E-state index contributed by atoms with van der Waals surface area (Å²) in [6.45, 7) is 5.60. The molecule has 0 aromatic rings. The van der Waals surface area contributed by atoms with E-state index in [0.29, 0.717) is 12.6 Å². The van der Waals surface area contributed by atoms with Gasteiger partial charge in [-0.3, -0.25) is 9.69 Å². The summed E-state index contributed by atoms with van der Waals surface area (Å²) < 4.78 is 5.21. The van der Waals surface area contributed by atoms with Gasteiger partial charge in [0.2, 0.25) is 0 Å². The van der Waals surface area contributed by atoms with Gasteiger partial charge in [-0.2, -0.15) is 0 Å². The highest BCUT2D eigenvalue weighted by Crippen LogP contribution is 2.24. The van der Waals surface area contributed by atoms with E-state index in [9.17, 15) is 4.79 Å². The Kier molecular flexibility index (Phi) is 4.80. The molecule has 0 aliphatic carbocycles. The molecule has 0 radical (unpaired) electrons. The number of hydrogen-bond donors (Lipinski definition) is 1. The lowest BCUT2D eigenvalue weighted by molar-refractivity contribution is -0.152.